The highest BCUT2D eigenvalue weighted by atomic mass is 32.2. The highest BCUT2D eigenvalue weighted by Gasteiger charge is 2.11. The third kappa shape index (κ3) is 3.09. The van der Waals surface area contributed by atoms with Gasteiger partial charge in [-0.2, -0.15) is 10.4 Å². The summed E-state index contributed by atoms with van der Waals surface area (Å²) in [7, 11) is 1.65. The van der Waals surface area contributed by atoms with E-state index < -0.39 is 0 Å². The van der Waals surface area contributed by atoms with Gasteiger partial charge in [-0.15, -0.1) is 5.10 Å². The highest BCUT2D eigenvalue weighted by molar-refractivity contribution is 7.98. The van der Waals surface area contributed by atoms with Crippen LogP contribution >= 0.6 is 11.8 Å². The zero-order valence-electron chi connectivity index (χ0n) is 11.7. The molecule has 20 heavy (non-hydrogen) atoms. The number of nitrogens with zero attached hydrogens (tertiary/aromatic N) is 3. The second-order valence-corrected chi connectivity index (χ2v) is 5.31. The van der Waals surface area contributed by atoms with Crippen molar-refractivity contribution in [3.05, 3.63) is 46.6 Å². The summed E-state index contributed by atoms with van der Waals surface area (Å²) in [5.41, 5.74) is 3.44. The first-order valence-corrected chi connectivity index (χ1v) is 7.14. The van der Waals surface area contributed by atoms with Gasteiger partial charge in [0.25, 0.3) is 0 Å². The first kappa shape index (κ1) is 14.4. The summed E-state index contributed by atoms with van der Waals surface area (Å²) < 4.78 is 5.20. The van der Waals surface area contributed by atoms with E-state index in [4.69, 9.17) is 4.74 Å². The number of nitriles is 1. The first-order chi connectivity index (χ1) is 9.65. The van der Waals surface area contributed by atoms with Gasteiger partial charge in [-0.05, 0) is 37.1 Å². The van der Waals surface area contributed by atoms with E-state index in [-0.39, 0.29) is 0 Å². The Morgan fingerprint density at radius 1 is 1.30 bits per heavy atom. The normalized spacial score (nSPS) is 10.1. The van der Waals surface area contributed by atoms with Gasteiger partial charge in [0.15, 0.2) is 0 Å². The maximum atomic E-state index is 9.25. The summed E-state index contributed by atoms with van der Waals surface area (Å²) in [6, 6.07) is 10.1. The van der Waals surface area contributed by atoms with E-state index in [1.807, 2.05) is 38.1 Å². The van der Waals surface area contributed by atoms with Gasteiger partial charge < -0.3 is 4.74 Å². The Balaban J connectivity index is 2.19. The van der Waals surface area contributed by atoms with Crippen molar-refractivity contribution < 1.29 is 4.74 Å². The van der Waals surface area contributed by atoms with E-state index in [1.54, 1.807) is 7.11 Å². The topological polar surface area (TPSA) is 58.8 Å². The average Bonchev–Trinajstić information content (AvgIpc) is 2.48. The van der Waals surface area contributed by atoms with Gasteiger partial charge in [0.1, 0.15) is 16.8 Å². The van der Waals surface area contributed by atoms with E-state index in [1.165, 1.54) is 11.8 Å². The van der Waals surface area contributed by atoms with Gasteiger partial charge in [0, 0.05) is 5.75 Å². The summed E-state index contributed by atoms with van der Waals surface area (Å²) >= 11 is 1.52. The molecule has 0 saturated heterocycles. The van der Waals surface area contributed by atoms with Gasteiger partial charge in [-0.25, -0.2) is 0 Å². The molecule has 0 spiro atoms. The van der Waals surface area contributed by atoms with Crippen LogP contribution in [0.4, 0.5) is 0 Å². The summed E-state index contributed by atoms with van der Waals surface area (Å²) in [6.07, 6.45) is 0. The first-order valence-electron chi connectivity index (χ1n) is 6.15. The Morgan fingerprint density at radius 3 is 2.80 bits per heavy atom. The van der Waals surface area contributed by atoms with Crippen LogP contribution in [0.2, 0.25) is 0 Å². The molecule has 0 amide bonds. The van der Waals surface area contributed by atoms with Crippen LogP contribution in [0.15, 0.2) is 29.3 Å². The van der Waals surface area contributed by atoms with Crippen LogP contribution in [0.1, 0.15) is 22.4 Å². The largest absolute Gasteiger partial charge is 0.497 e. The van der Waals surface area contributed by atoms with Gasteiger partial charge in [0.2, 0.25) is 0 Å². The molecular formula is C15H15N3OS. The number of thioether (sulfide) groups is 1. The van der Waals surface area contributed by atoms with E-state index in [0.717, 1.165) is 28.3 Å². The van der Waals surface area contributed by atoms with Gasteiger partial charge in [-0.1, -0.05) is 23.9 Å². The van der Waals surface area contributed by atoms with Crippen LogP contribution in [0.5, 0.6) is 5.75 Å². The summed E-state index contributed by atoms with van der Waals surface area (Å²) in [6.45, 7) is 3.76. The van der Waals surface area contributed by atoms with Crippen LogP contribution in [-0.4, -0.2) is 17.3 Å². The molecule has 0 N–H and O–H groups in total. The van der Waals surface area contributed by atoms with Gasteiger partial charge in [-0.3, -0.25) is 0 Å². The molecular weight excluding hydrogens is 270 g/mol. The number of aryl methyl sites for hydroxylation is 1. The van der Waals surface area contributed by atoms with Crippen molar-refractivity contribution in [1.82, 2.24) is 10.2 Å². The van der Waals surface area contributed by atoms with Crippen molar-refractivity contribution in [2.45, 2.75) is 24.6 Å². The molecule has 0 aliphatic heterocycles. The molecule has 5 heteroatoms. The van der Waals surface area contributed by atoms with Crippen LogP contribution in [0.3, 0.4) is 0 Å². The van der Waals surface area contributed by atoms with E-state index in [0.29, 0.717) is 10.6 Å². The Morgan fingerprint density at radius 2 is 2.10 bits per heavy atom. The highest BCUT2D eigenvalue weighted by Crippen LogP contribution is 2.27. The van der Waals surface area contributed by atoms with Crippen LogP contribution in [0, 0.1) is 25.2 Å². The Bertz CT molecular complexity index is 665. The number of hydrogen-bond acceptors (Lipinski definition) is 5. The summed E-state index contributed by atoms with van der Waals surface area (Å²) in [4.78, 5) is 0. The molecule has 0 fully saturated rings. The zero-order valence-corrected chi connectivity index (χ0v) is 12.5. The molecule has 0 aliphatic rings. The molecule has 1 aromatic heterocycles. The zero-order chi connectivity index (χ0) is 14.5. The van der Waals surface area contributed by atoms with E-state index in [9.17, 15) is 5.26 Å². The predicted molar refractivity (Wildman–Crippen MR) is 78.8 cm³/mol. The third-order valence-corrected chi connectivity index (χ3v) is 4.08. The number of methoxy groups -OCH3 is 1. The number of rotatable bonds is 4. The number of ether oxygens (including phenoxy) is 1. The molecule has 0 atom stereocenters. The molecule has 0 radical (unpaired) electrons. The van der Waals surface area contributed by atoms with Crippen molar-refractivity contribution in [3.63, 3.8) is 0 Å². The van der Waals surface area contributed by atoms with Gasteiger partial charge >= 0.3 is 0 Å². The SMILES string of the molecule is COc1cccc(CSc2nnc(C)c(C)c2C#N)c1. The van der Waals surface area contributed by atoms with Crippen molar-refractivity contribution in [2.24, 2.45) is 0 Å². The van der Waals surface area contributed by atoms with E-state index in [2.05, 4.69) is 16.3 Å². The second-order valence-electron chi connectivity index (χ2n) is 4.34. The minimum Gasteiger partial charge on any atom is -0.497 e. The molecule has 1 heterocycles. The maximum absolute atomic E-state index is 9.25. The Labute approximate surface area is 122 Å². The molecule has 0 saturated carbocycles. The number of hydrogen-bond donors (Lipinski definition) is 0. The van der Waals surface area contributed by atoms with Crippen molar-refractivity contribution >= 4 is 11.8 Å². The van der Waals surface area contributed by atoms with Crippen LogP contribution in [-0.2, 0) is 5.75 Å². The molecule has 2 rings (SSSR count). The summed E-state index contributed by atoms with van der Waals surface area (Å²) in [5, 5.41) is 18.1. The minimum atomic E-state index is 0.616. The Hall–Kier alpha value is -2.06. The molecule has 0 bridgehead atoms. The average molecular weight is 285 g/mol. The van der Waals surface area contributed by atoms with Crippen molar-refractivity contribution in [1.29, 1.82) is 5.26 Å². The lowest BCUT2D eigenvalue weighted by Gasteiger charge is -2.07. The fourth-order valence-corrected chi connectivity index (χ4v) is 2.66. The lowest BCUT2D eigenvalue weighted by molar-refractivity contribution is 0.414. The molecule has 1 aromatic carbocycles. The summed E-state index contributed by atoms with van der Waals surface area (Å²) in [5.74, 6) is 1.55. The standard InChI is InChI=1S/C15H15N3OS/c1-10-11(2)17-18-15(14(10)8-16)20-9-12-5-4-6-13(7-12)19-3/h4-7H,9H2,1-3H3. The quantitative estimate of drug-likeness (QED) is 0.807. The van der Waals surface area contributed by atoms with Crippen LogP contribution in [0.25, 0.3) is 0 Å². The molecule has 0 aliphatic carbocycles. The lowest BCUT2D eigenvalue weighted by Crippen LogP contribution is -1.99. The van der Waals surface area contributed by atoms with Crippen molar-refractivity contribution in [2.75, 3.05) is 7.11 Å². The van der Waals surface area contributed by atoms with Crippen LogP contribution < -0.4 is 4.74 Å². The van der Waals surface area contributed by atoms with Crippen molar-refractivity contribution in [3.8, 4) is 11.8 Å². The molecule has 2 aromatic rings. The number of benzene rings is 1. The molecule has 102 valence electrons. The monoisotopic (exact) mass is 285 g/mol. The molecule has 0 unspecified atom stereocenters. The predicted octanol–water partition coefficient (Wildman–Crippen LogP) is 3.27. The fourth-order valence-electron chi connectivity index (χ4n) is 1.73. The van der Waals surface area contributed by atoms with Gasteiger partial charge in [0.05, 0.1) is 18.4 Å². The molecule has 4 nitrogen and oxygen atoms in total. The van der Waals surface area contributed by atoms with E-state index >= 15 is 0 Å². The third-order valence-electron chi connectivity index (χ3n) is 3.04. The number of aromatic nitrogens is 2. The Kier molecular flexibility index (Phi) is 4.59. The smallest absolute Gasteiger partial charge is 0.137 e. The second kappa shape index (κ2) is 6.40. The minimum absolute atomic E-state index is 0.616. The lowest BCUT2D eigenvalue weighted by atomic mass is 10.1. The maximum Gasteiger partial charge on any atom is 0.137 e. The fraction of sp³-hybridized carbons (Fsp3) is 0.267.